The van der Waals surface area contributed by atoms with Gasteiger partial charge in [0.2, 0.25) is 0 Å². The number of rotatable bonds is 12. The summed E-state index contributed by atoms with van der Waals surface area (Å²) in [6, 6.07) is 28.5. The SMILES string of the molecule is C=COB(Oc1ccccc1O)Oc1ccc2ccc3c(OB(OC=C)Oc4ccccc4O)ccc4ccc1c2c43. The molecule has 0 saturated carbocycles. The minimum atomic E-state index is -1.21. The van der Waals surface area contributed by atoms with Crippen molar-refractivity contribution in [2.45, 2.75) is 0 Å². The molecule has 0 aromatic heterocycles. The van der Waals surface area contributed by atoms with Crippen LogP contribution in [0.4, 0.5) is 0 Å². The Morgan fingerprint density at radius 3 is 1.26 bits per heavy atom. The van der Waals surface area contributed by atoms with Gasteiger partial charge in [0.15, 0.2) is 11.5 Å². The standard InChI is InChI=1S/C32H24B2O8/c1-3-37-33(41-29-11-7-5-9-25(29)35)39-27-19-15-21-14-18-24-28(20-16-22-13-17-23(27)31(21)32(22)24)40-34(38-4-2)42-30-12-8-6-10-26(30)36/h3-20,35-36H,1-2H2. The van der Waals surface area contributed by atoms with Gasteiger partial charge in [0.05, 0.1) is 12.5 Å². The third-order valence-electron chi connectivity index (χ3n) is 6.62. The van der Waals surface area contributed by atoms with Crippen LogP contribution in [0.25, 0.3) is 32.3 Å². The van der Waals surface area contributed by atoms with Crippen molar-refractivity contribution in [1.29, 1.82) is 0 Å². The quantitative estimate of drug-likeness (QED) is 0.0926. The lowest BCUT2D eigenvalue weighted by atomic mass is 9.93. The molecular weight excluding hydrogens is 534 g/mol. The van der Waals surface area contributed by atoms with Crippen molar-refractivity contribution in [2.75, 3.05) is 0 Å². The van der Waals surface area contributed by atoms with Crippen LogP contribution in [-0.2, 0) is 9.31 Å². The number of hydrogen-bond donors (Lipinski definition) is 2. The smallest absolute Gasteiger partial charge is 0.504 e. The maximum atomic E-state index is 10.2. The molecule has 6 aromatic rings. The van der Waals surface area contributed by atoms with Crippen molar-refractivity contribution >= 4 is 47.0 Å². The van der Waals surface area contributed by atoms with E-state index in [0.29, 0.717) is 11.5 Å². The third-order valence-corrected chi connectivity index (χ3v) is 6.62. The Morgan fingerprint density at radius 1 is 0.476 bits per heavy atom. The summed E-state index contributed by atoms with van der Waals surface area (Å²) in [6.07, 6.45) is 2.42. The van der Waals surface area contributed by atoms with Crippen molar-refractivity contribution in [3.8, 4) is 34.5 Å². The van der Waals surface area contributed by atoms with Crippen LogP contribution in [0.2, 0.25) is 0 Å². The summed E-state index contributed by atoms with van der Waals surface area (Å²) in [5.74, 6) is 1.30. The number of para-hydroxylation sites is 4. The number of benzene rings is 6. The van der Waals surface area contributed by atoms with E-state index in [1.165, 1.54) is 24.7 Å². The van der Waals surface area contributed by atoms with Crippen molar-refractivity contribution in [3.05, 3.63) is 123 Å². The van der Waals surface area contributed by atoms with Gasteiger partial charge in [-0.15, -0.1) is 0 Å². The lowest BCUT2D eigenvalue weighted by Crippen LogP contribution is -2.32. The predicted molar refractivity (Wildman–Crippen MR) is 163 cm³/mol. The third kappa shape index (κ3) is 5.13. The Balaban J connectivity index is 1.38. The second-order valence-corrected chi connectivity index (χ2v) is 9.14. The fraction of sp³-hybridized carbons (Fsp3) is 0. The van der Waals surface area contributed by atoms with Crippen LogP contribution >= 0.6 is 0 Å². The van der Waals surface area contributed by atoms with Gasteiger partial charge in [-0.25, -0.2) is 0 Å². The number of phenolic OH excluding ortho intramolecular Hbond substituents is 2. The highest BCUT2D eigenvalue weighted by molar-refractivity contribution is 6.40. The van der Waals surface area contributed by atoms with E-state index >= 15 is 0 Å². The summed E-state index contributed by atoms with van der Waals surface area (Å²) in [7, 11) is -2.42. The first-order chi connectivity index (χ1) is 20.6. The minimum absolute atomic E-state index is 0.0492. The molecule has 10 heteroatoms. The Kier molecular flexibility index (Phi) is 7.26. The maximum absolute atomic E-state index is 10.2. The molecule has 0 amide bonds. The van der Waals surface area contributed by atoms with Crippen LogP contribution in [0.5, 0.6) is 34.5 Å². The molecule has 8 nitrogen and oxygen atoms in total. The van der Waals surface area contributed by atoms with Crippen molar-refractivity contribution in [2.24, 2.45) is 0 Å². The fourth-order valence-electron chi connectivity index (χ4n) is 4.80. The molecule has 42 heavy (non-hydrogen) atoms. The Bertz CT molecular complexity index is 1760. The van der Waals surface area contributed by atoms with Gasteiger partial charge in [-0.05, 0) is 47.2 Å². The summed E-state index contributed by atoms with van der Waals surface area (Å²) >= 11 is 0. The highest BCUT2D eigenvalue weighted by atomic mass is 16.7. The van der Waals surface area contributed by atoms with Crippen LogP contribution in [0, 0.1) is 0 Å². The first-order valence-electron chi connectivity index (χ1n) is 13.0. The summed E-state index contributed by atoms with van der Waals surface area (Å²) in [6.45, 7) is 7.23. The molecule has 0 unspecified atom stereocenters. The van der Waals surface area contributed by atoms with E-state index in [4.69, 9.17) is 27.9 Å². The van der Waals surface area contributed by atoms with Crippen LogP contribution in [0.15, 0.2) is 123 Å². The molecule has 2 N–H and O–H groups in total. The molecule has 0 aliphatic rings. The molecule has 0 heterocycles. The van der Waals surface area contributed by atoms with Crippen LogP contribution < -0.4 is 18.6 Å². The van der Waals surface area contributed by atoms with Gasteiger partial charge in [0.25, 0.3) is 0 Å². The molecule has 0 saturated heterocycles. The van der Waals surface area contributed by atoms with Gasteiger partial charge in [-0.2, -0.15) is 0 Å². The summed E-state index contributed by atoms with van der Waals surface area (Å²) in [5, 5.41) is 25.8. The molecule has 6 rings (SSSR count). The van der Waals surface area contributed by atoms with E-state index < -0.39 is 14.6 Å². The van der Waals surface area contributed by atoms with Crippen LogP contribution in [0.3, 0.4) is 0 Å². The Hall–Kier alpha value is -5.63. The molecule has 0 spiro atoms. The van der Waals surface area contributed by atoms with Crippen LogP contribution in [-0.4, -0.2) is 24.9 Å². The first kappa shape index (κ1) is 26.6. The van der Waals surface area contributed by atoms with Gasteiger partial charge in [-0.3, -0.25) is 0 Å². The van der Waals surface area contributed by atoms with Gasteiger partial charge < -0.3 is 38.1 Å². The average Bonchev–Trinajstić information content (AvgIpc) is 3.00. The largest absolute Gasteiger partial charge is 0.863 e. The average molecular weight is 558 g/mol. The maximum Gasteiger partial charge on any atom is 0.863 e. The molecule has 6 aromatic carbocycles. The second-order valence-electron chi connectivity index (χ2n) is 9.14. The summed E-state index contributed by atoms with van der Waals surface area (Å²) in [5.41, 5.74) is 0. The topological polar surface area (TPSA) is 95.8 Å². The molecule has 0 fully saturated rings. The first-order valence-corrected chi connectivity index (χ1v) is 13.0. The molecular formula is C32H24B2O8. The van der Waals surface area contributed by atoms with E-state index in [-0.39, 0.29) is 23.0 Å². The Morgan fingerprint density at radius 2 is 0.857 bits per heavy atom. The molecule has 0 aliphatic carbocycles. The number of phenols is 2. The van der Waals surface area contributed by atoms with E-state index in [0.717, 1.165) is 32.3 Å². The molecule has 0 bridgehead atoms. The molecule has 0 radical (unpaired) electrons. The molecule has 0 aliphatic heterocycles. The monoisotopic (exact) mass is 558 g/mol. The van der Waals surface area contributed by atoms with E-state index in [2.05, 4.69) is 13.2 Å². The molecule has 206 valence electrons. The van der Waals surface area contributed by atoms with Gasteiger partial charge in [0.1, 0.15) is 23.0 Å². The number of aromatic hydroxyl groups is 2. The zero-order chi connectivity index (χ0) is 29.1. The van der Waals surface area contributed by atoms with Crippen molar-refractivity contribution < 1.29 is 38.1 Å². The van der Waals surface area contributed by atoms with Crippen LogP contribution in [0.1, 0.15) is 0 Å². The van der Waals surface area contributed by atoms with Gasteiger partial charge >= 0.3 is 14.6 Å². The van der Waals surface area contributed by atoms with Crippen molar-refractivity contribution in [1.82, 2.24) is 0 Å². The summed E-state index contributed by atoms with van der Waals surface area (Å²) in [4.78, 5) is 0. The van der Waals surface area contributed by atoms with Gasteiger partial charge in [0, 0.05) is 21.5 Å². The second kappa shape index (κ2) is 11.5. The van der Waals surface area contributed by atoms with E-state index in [9.17, 15) is 10.2 Å². The Labute approximate surface area is 242 Å². The highest BCUT2D eigenvalue weighted by Crippen LogP contribution is 2.42. The van der Waals surface area contributed by atoms with Gasteiger partial charge in [-0.1, -0.05) is 73.8 Å². The zero-order valence-electron chi connectivity index (χ0n) is 22.3. The fourth-order valence-corrected chi connectivity index (χ4v) is 4.80. The van der Waals surface area contributed by atoms with E-state index in [1.807, 2.05) is 48.5 Å². The van der Waals surface area contributed by atoms with E-state index in [1.54, 1.807) is 36.4 Å². The number of hydrogen-bond acceptors (Lipinski definition) is 8. The summed E-state index contributed by atoms with van der Waals surface area (Å²) < 4.78 is 34.8. The normalized spacial score (nSPS) is 10.8. The zero-order valence-corrected chi connectivity index (χ0v) is 22.3. The minimum Gasteiger partial charge on any atom is -0.504 e. The lowest BCUT2D eigenvalue weighted by molar-refractivity contribution is 0.271. The predicted octanol–water partition coefficient (Wildman–Crippen LogP) is 7.20. The highest BCUT2D eigenvalue weighted by Gasteiger charge is 2.32. The molecule has 0 atom stereocenters. The lowest BCUT2D eigenvalue weighted by Gasteiger charge is -2.20. The van der Waals surface area contributed by atoms with Crippen molar-refractivity contribution in [3.63, 3.8) is 0 Å².